The third-order valence-electron chi connectivity index (χ3n) is 9.39. The third-order valence-corrected chi connectivity index (χ3v) is 9.39. The van der Waals surface area contributed by atoms with Crippen molar-refractivity contribution >= 4 is 33.4 Å². The summed E-state index contributed by atoms with van der Waals surface area (Å²) < 4.78 is 2.20. The van der Waals surface area contributed by atoms with E-state index < -0.39 is 0 Å². The topological polar surface area (TPSA) is 20.5 Å². The second-order valence-corrected chi connectivity index (χ2v) is 12.4. The zero-order valence-electron chi connectivity index (χ0n) is 27.4. The predicted octanol–water partition coefficient (Wildman–Crippen LogP) is 12.6. The zero-order chi connectivity index (χ0) is 33.3. The molecule has 0 fully saturated rings. The molecule has 9 aromatic rings. The van der Waals surface area contributed by atoms with Gasteiger partial charge in [-0.3, -0.25) is 0 Å². The van der Waals surface area contributed by atoms with Crippen LogP contribution in [0.25, 0.3) is 61.1 Å². The molecule has 0 N–H and O–H groups in total. The highest BCUT2D eigenvalue weighted by Gasteiger charge is 2.25. The minimum atomic E-state index is 0.966. The van der Waals surface area contributed by atoms with Gasteiger partial charge in [0.25, 0.3) is 0 Å². The first-order valence-electron chi connectivity index (χ1n) is 17.0. The number of pyridine rings is 1. The molecule has 3 heteroatoms. The van der Waals surface area contributed by atoms with Crippen LogP contribution in [0.5, 0.6) is 0 Å². The van der Waals surface area contributed by atoms with Crippen LogP contribution in [0.1, 0.15) is 0 Å². The molecule has 3 nitrogen and oxygen atoms in total. The summed E-state index contributed by atoms with van der Waals surface area (Å²) in [7, 11) is 0. The van der Waals surface area contributed by atoms with Crippen LogP contribution < -0.4 is 4.90 Å². The number of fused-ring (bicyclic) bond motifs is 3. The fraction of sp³-hybridized carbons (Fsp3) is 0. The van der Waals surface area contributed by atoms with Crippen molar-refractivity contribution in [1.29, 1.82) is 0 Å². The Morgan fingerprint density at radius 2 is 0.760 bits per heavy atom. The molecule has 2 heterocycles. The molecule has 0 aliphatic carbocycles. The molecule has 7 aromatic carbocycles. The summed E-state index contributed by atoms with van der Waals surface area (Å²) in [5.74, 6) is 0. The van der Waals surface area contributed by atoms with Gasteiger partial charge >= 0.3 is 0 Å². The van der Waals surface area contributed by atoms with E-state index in [2.05, 4.69) is 210 Å². The van der Waals surface area contributed by atoms with E-state index in [9.17, 15) is 0 Å². The Bertz CT molecular complexity index is 2500. The van der Waals surface area contributed by atoms with Crippen molar-refractivity contribution in [3.63, 3.8) is 0 Å². The van der Waals surface area contributed by atoms with E-state index in [1.54, 1.807) is 0 Å². The van der Waals surface area contributed by atoms with Crippen molar-refractivity contribution in [2.24, 2.45) is 0 Å². The molecule has 0 saturated carbocycles. The largest absolute Gasteiger partial charge is 0.311 e. The minimum Gasteiger partial charge on any atom is -0.311 e. The molecular formula is C47H33N3. The van der Waals surface area contributed by atoms with Gasteiger partial charge in [0.1, 0.15) is 5.69 Å². The molecule has 0 unspecified atom stereocenters. The van der Waals surface area contributed by atoms with E-state index in [-0.39, 0.29) is 0 Å². The van der Waals surface area contributed by atoms with Crippen LogP contribution >= 0.6 is 0 Å². The van der Waals surface area contributed by atoms with Crippen LogP contribution in [-0.2, 0) is 0 Å². The average Bonchev–Trinajstić information content (AvgIpc) is 3.60. The average molecular weight is 640 g/mol. The highest BCUT2D eigenvalue weighted by atomic mass is 15.2. The molecular weight excluding hydrogens is 607 g/mol. The van der Waals surface area contributed by atoms with Crippen molar-refractivity contribution in [1.82, 2.24) is 9.61 Å². The van der Waals surface area contributed by atoms with E-state index in [0.717, 1.165) is 72.7 Å². The molecule has 0 bridgehead atoms. The molecule has 0 spiro atoms. The number of nitrogens with zero attached hydrogens (tertiary/aromatic N) is 3. The van der Waals surface area contributed by atoms with Crippen LogP contribution in [0.4, 0.5) is 17.1 Å². The van der Waals surface area contributed by atoms with Crippen molar-refractivity contribution < 1.29 is 0 Å². The lowest BCUT2D eigenvalue weighted by Gasteiger charge is -2.26. The summed E-state index contributed by atoms with van der Waals surface area (Å²) in [4.78, 5) is 2.30. The van der Waals surface area contributed by atoms with Gasteiger partial charge in [0.2, 0.25) is 0 Å². The Labute approximate surface area is 292 Å². The van der Waals surface area contributed by atoms with Gasteiger partial charge in [0.15, 0.2) is 0 Å². The molecule has 0 aliphatic rings. The van der Waals surface area contributed by atoms with E-state index in [0.29, 0.717) is 0 Å². The van der Waals surface area contributed by atoms with Crippen molar-refractivity contribution in [3.05, 3.63) is 200 Å². The predicted molar refractivity (Wildman–Crippen MR) is 209 cm³/mol. The summed E-state index contributed by atoms with van der Waals surface area (Å²) >= 11 is 0. The van der Waals surface area contributed by atoms with Gasteiger partial charge in [0, 0.05) is 44.7 Å². The van der Waals surface area contributed by atoms with E-state index in [4.69, 9.17) is 5.10 Å². The number of anilines is 3. The molecule has 0 radical (unpaired) electrons. The number of hydrogen-bond acceptors (Lipinski definition) is 2. The molecule has 9 rings (SSSR count). The van der Waals surface area contributed by atoms with Crippen LogP contribution in [-0.4, -0.2) is 9.61 Å². The van der Waals surface area contributed by atoms with Crippen LogP contribution in [0.2, 0.25) is 0 Å². The Morgan fingerprint density at radius 3 is 1.32 bits per heavy atom. The SMILES string of the molecule is c1ccc(-c2nn3c(-c4ccccc4)c(-c4ccc(N(c5ccccc5)c5ccccc5)cc4)c4ccccc4c3c2-c2ccccc2)cc1. The molecule has 236 valence electrons. The van der Waals surface area contributed by atoms with E-state index >= 15 is 0 Å². The minimum absolute atomic E-state index is 0.966. The second-order valence-electron chi connectivity index (χ2n) is 12.4. The smallest absolute Gasteiger partial charge is 0.101 e. The first-order chi connectivity index (χ1) is 24.8. The van der Waals surface area contributed by atoms with Crippen LogP contribution in [0.15, 0.2) is 200 Å². The van der Waals surface area contributed by atoms with Gasteiger partial charge in [-0.2, -0.15) is 5.10 Å². The van der Waals surface area contributed by atoms with Gasteiger partial charge in [-0.25, -0.2) is 4.52 Å². The lowest BCUT2D eigenvalue weighted by atomic mass is 9.91. The normalized spacial score (nSPS) is 11.2. The monoisotopic (exact) mass is 639 g/mol. The van der Waals surface area contributed by atoms with Gasteiger partial charge < -0.3 is 4.90 Å². The maximum absolute atomic E-state index is 5.51. The fourth-order valence-corrected chi connectivity index (χ4v) is 7.18. The lowest BCUT2D eigenvalue weighted by Crippen LogP contribution is -2.09. The first-order valence-corrected chi connectivity index (χ1v) is 17.0. The van der Waals surface area contributed by atoms with E-state index in [1.165, 1.54) is 5.39 Å². The molecule has 50 heavy (non-hydrogen) atoms. The van der Waals surface area contributed by atoms with Crippen molar-refractivity contribution in [3.8, 4) is 44.8 Å². The highest BCUT2D eigenvalue weighted by Crippen LogP contribution is 2.46. The third kappa shape index (κ3) is 5.13. The number of hydrogen-bond donors (Lipinski definition) is 0. The van der Waals surface area contributed by atoms with Crippen LogP contribution in [0.3, 0.4) is 0 Å². The molecule has 0 aliphatic heterocycles. The quantitative estimate of drug-likeness (QED) is 0.173. The summed E-state index contributed by atoms with van der Waals surface area (Å²) in [6.07, 6.45) is 0. The number of benzene rings is 7. The standard InChI is InChI=1S/C47H33N3/c1-6-18-34(19-7-1)44-45(36-20-8-2-9-21-36)48-50-46(37-22-10-3-11-23-37)43(41-28-16-17-29-42(41)47(44)50)35-30-32-40(33-31-35)49(38-24-12-4-13-25-38)39-26-14-5-15-27-39/h1-33H. The van der Waals surface area contributed by atoms with Crippen molar-refractivity contribution in [2.75, 3.05) is 4.90 Å². The second kappa shape index (κ2) is 12.7. The number of para-hydroxylation sites is 2. The zero-order valence-corrected chi connectivity index (χ0v) is 27.4. The Balaban J connectivity index is 1.34. The first kappa shape index (κ1) is 29.4. The van der Waals surface area contributed by atoms with Gasteiger partial charge in [0.05, 0.1) is 11.2 Å². The lowest BCUT2D eigenvalue weighted by molar-refractivity contribution is 0.981. The van der Waals surface area contributed by atoms with E-state index in [1.807, 2.05) is 0 Å². The Hall–Kier alpha value is -6.71. The summed E-state index contributed by atoms with van der Waals surface area (Å²) in [5.41, 5.74) is 13.2. The maximum atomic E-state index is 5.51. The Kier molecular flexibility index (Phi) is 7.49. The van der Waals surface area contributed by atoms with Gasteiger partial charge in [-0.05, 0) is 52.9 Å². The summed E-state index contributed by atoms with van der Waals surface area (Å²) in [5, 5.41) is 7.85. The summed E-state index contributed by atoms with van der Waals surface area (Å²) in [6.45, 7) is 0. The highest BCUT2D eigenvalue weighted by molar-refractivity contribution is 6.14. The van der Waals surface area contributed by atoms with Crippen LogP contribution in [0, 0.1) is 0 Å². The maximum Gasteiger partial charge on any atom is 0.101 e. The van der Waals surface area contributed by atoms with Gasteiger partial charge in [-0.15, -0.1) is 0 Å². The number of aromatic nitrogens is 2. The molecule has 0 saturated heterocycles. The molecule has 0 amide bonds. The summed E-state index contributed by atoms with van der Waals surface area (Å²) in [6, 6.07) is 70.8. The van der Waals surface area contributed by atoms with Crippen molar-refractivity contribution in [2.45, 2.75) is 0 Å². The molecule has 2 aromatic heterocycles. The number of rotatable bonds is 7. The van der Waals surface area contributed by atoms with Gasteiger partial charge in [-0.1, -0.05) is 164 Å². The fourth-order valence-electron chi connectivity index (χ4n) is 7.18. The molecule has 0 atom stereocenters. The Morgan fingerprint density at radius 1 is 0.340 bits per heavy atom.